The second-order valence-electron chi connectivity index (χ2n) is 9.64. The highest BCUT2D eigenvalue weighted by atomic mass is 16.7. The molecule has 6 nitrogen and oxygen atoms in total. The number of epoxide rings is 1. The van der Waals surface area contributed by atoms with E-state index >= 15 is 0 Å². The summed E-state index contributed by atoms with van der Waals surface area (Å²) >= 11 is 0. The third-order valence-electron chi connectivity index (χ3n) is 6.72. The van der Waals surface area contributed by atoms with Crippen molar-refractivity contribution in [2.45, 2.75) is 63.1 Å². The van der Waals surface area contributed by atoms with Crippen LogP contribution in [0, 0.1) is 0 Å². The van der Waals surface area contributed by atoms with Crippen LogP contribution in [0.4, 0.5) is 0 Å². The van der Waals surface area contributed by atoms with Crippen molar-refractivity contribution in [3.05, 3.63) is 120 Å². The summed E-state index contributed by atoms with van der Waals surface area (Å²) in [5, 5.41) is 0. The number of hydrogen-bond acceptors (Lipinski definition) is 6. The van der Waals surface area contributed by atoms with Crippen molar-refractivity contribution < 1.29 is 28.4 Å². The normalized spacial score (nSPS) is 26.6. The van der Waals surface area contributed by atoms with Crippen molar-refractivity contribution in [2.24, 2.45) is 0 Å². The quantitative estimate of drug-likeness (QED) is 0.210. The SMILES string of the molecule is C=CCO[C@H]1O[C@H](CC2CO2)[C@@H](OCc2ccccc2)[C@H](OCc2ccccc2)[C@@H]1OCc1ccccc1. The fourth-order valence-electron chi connectivity index (χ4n) is 4.70. The Morgan fingerprint density at radius 2 is 1.13 bits per heavy atom. The van der Waals surface area contributed by atoms with E-state index in [1.54, 1.807) is 6.08 Å². The molecule has 2 saturated heterocycles. The molecule has 200 valence electrons. The van der Waals surface area contributed by atoms with Crippen molar-refractivity contribution in [1.82, 2.24) is 0 Å². The van der Waals surface area contributed by atoms with E-state index in [1.807, 2.05) is 66.7 Å². The maximum Gasteiger partial charge on any atom is 0.187 e. The highest BCUT2D eigenvalue weighted by molar-refractivity contribution is 5.15. The van der Waals surface area contributed by atoms with Crippen LogP contribution < -0.4 is 0 Å². The maximum absolute atomic E-state index is 6.64. The van der Waals surface area contributed by atoms with Gasteiger partial charge in [0.1, 0.15) is 18.3 Å². The van der Waals surface area contributed by atoms with E-state index in [1.165, 1.54) is 0 Å². The Bertz CT molecular complexity index is 1090. The van der Waals surface area contributed by atoms with Crippen molar-refractivity contribution >= 4 is 0 Å². The van der Waals surface area contributed by atoms with Crippen molar-refractivity contribution in [1.29, 1.82) is 0 Å². The van der Waals surface area contributed by atoms with Crippen LogP contribution in [0.2, 0.25) is 0 Å². The first kappa shape index (κ1) is 26.8. The summed E-state index contributed by atoms with van der Waals surface area (Å²) in [6.07, 6.45) is 0.312. The van der Waals surface area contributed by atoms with Gasteiger partial charge >= 0.3 is 0 Å². The molecule has 2 fully saturated rings. The van der Waals surface area contributed by atoms with Crippen LogP contribution >= 0.6 is 0 Å². The monoisotopic (exact) mass is 516 g/mol. The predicted octanol–water partition coefficient (Wildman–Crippen LogP) is 5.46. The summed E-state index contributed by atoms with van der Waals surface area (Å²) in [6, 6.07) is 30.4. The highest BCUT2D eigenvalue weighted by Crippen LogP contribution is 2.34. The molecule has 2 heterocycles. The molecule has 1 unspecified atom stereocenters. The Morgan fingerprint density at radius 1 is 0.658 bits per heavy atom. The van der Waals surface area contributed by atoms with Gasteiger partial charge in [0, 0.05) is 6.42 Å². The van der Waals surface area contributed by atoms with Gasteiger partial charge in [0.2, 0.25) is 0 Å². The van der Waals surface area contributed by atoms with Crippen LogP contribution in [0.15, 0.2) is 104 Å². The van der Waals surface area contributed by atoms with Crippen LogP contribution in [-0.4, -0.2) is 50.0 Å². The summed E-state index contributed by atoms with van der Waals surface area (Å²) in [7, 11) is 0. The molecule has 0 radical (unpaired) electrons. The zero-order valence-electron chi connectivity index (χ0n) is 21.6. The lowest BCUT2D eigenvalue weighted by Crippen LogP contribution is -2.61. The van der Waals surface area contributed by atoms with E-state index in [0.717, 1.165) is 23.3 Å². The smallest absolute Gasteiger partial charge is 0.187 e. The topological polar surface area (TPSA) is 58.7 Å². The highest BCUT2D eigenvalue weighted by Gasteiger charge is 2.50. The Balaban J connectivity index is 1.42. The van der Waals surface area contributed by atoms with Crippen LogP contribution in [0.25, 0.3) is 0 Å². The van der Waals surface area contributed by atoms with Gasteiger partial charge in [-0.15, -0.1) is 6.58 Å². The molecule has 5 rings (SSSR count). The van der Waals surface area contributed by atoms with Crippen LogP contribution in [-0.2, 0) is 48.2 Å². The van der Waals surface area contributed by atoms with Gasteiger partial charge in [0.15, 0.2) is 6.29 Å². The third-order valence-corrected chi connectivity index (χ3v) is 6.72. The number of ether oxygens (including phenoxy) is 6. The van der Waals surface area contributed by atoms with Crippen LogP contribution in [0.5, 0.6) is 0 Å². The van der Waals surface area contributed by atoms with E-state index in [4.69, 9.17) is 28.4 Å². The molecule has 0 amide bonds. The predicted molar refractivity (Wildman–Crippen MR) is 144 cm³/mol. The van der Waals surface area contributed by atoms with E-state index in [9.17, 15) is 0 Å². The fraction of sp³-hybridized carbons (Fsp3) is 0.375. The number of benzene rings is 3. The zero-order chi connectivity index (χ0) is 26.0. The minimum absolute atomic E-state index is 0.152. The summed E-state index contributed by atoms with van der Waals surface area (Å²) in [6.45, 7) is 6.14. The molecule has 6 atom stereocenters. The lowest BCUT2D eigenvalue weighted by Gasteiger charge is -2.46. The summed E-state index contributed by atoms with van der Waals surface area (Å²) in [4.78, 5) is 0. The molecule has 0 aromatic heterocycles. The zero-order valence-corrected chi connectivity index (χ0v) is 21.6. The first-order chi connectivity index (χ1) is 18.8. The molecule has 0 bridgehead atoms. The molecule has 3 aromatic rings. The van der Waals surface area contributed by atoms with Gasteiger partial charge in [-0.25, -0.2) is 0 Å². The van der Waals surface area contributed by atoms with Gasteiger partial charge in [-0.05, 0) is 16.7 Å². The van der Waals surface area contributed by atoms with Gasteiger partial charge in [-0.3, -0.25) is 0 Å². The fourth-order valence-corrected chi connectivity index (χ4v) is 4.70. The average Bonchev–Trinajstić information content (AvgIpc) is 3.79. The second kappa shape index (κ2) is 13.8. The van der Waals surface area contributed by atoms with E-state index < -0.39 is 18.5 Å². The molecule has 0 saturated carbocycles. The van der Waals surface area contributed by atoms with Crippen molar-refractivity contribution in [2.75, 3.05) is 13.2 Å². The van der Waals surface area contributed by atoms with E-state index in [2.05, 4.69) is 30.8 Å². The number of hydrogen-bond donors (Lipinski definition) is 0. The Kier molecular flexibility index (Phi) is 9.72. The van der Waals surface area contributed by atoms with Gasteiger partial charge in [0.05, 0.1) is 45.2 Å². The summed E-state index contributed by atoms with van der Waals surface area (Å²) < 4.78 is 38.0. The molecule has 2 aliphatic heterocycles. The minimum atomic E-state index is -0.641. The second-order valence-corrected chi connectivity index (χ2v) is 9.64. The average molecular weight is 517 g/mol. The molecule has 0 aliphatic carbocycles. The molecular formula is C32H36O6. The molecule has 0 N–H and O–H groups in total. The Hall–Kier alpha value is -2.84. The van der Waals surface area contributed by atoms with Crippen LogP contribution in [0.3, 0.4) is 0 Å². The standard InChI is InChI=1S/C32H36O6/c1-2-18-33-32-31(37-22-26-16-10-5-11-17-26)30(36-21-25-14-8-4-9-15-25)29(28(38-32)19-27-23-34-27)35-20-24-12-6-3-7-13-24/h2-17,27-32H,1,18-23H2/t27?,28-,29-,30+,31+,32+/m1/s1. The molecule has 0 spiro atoms. The Morgan fingerprint density at radius 3 is 1.61 bits per heavy atom. The Labute approximate surface area is 225 Å². The maximum atomic E-state index is 6.64. The minimum Gasteiger partial charge on any atom is -0.373 e. The van der Waals surface area contributed by atoms with Crippen LogP contribution in [0.1, 0.15) is 23.1 Å². The van der Waals surface area contributed by atoms with Crippen molar-refractivity contribution in [3.8, 4) is 0 Å². The van der Waals surface area contributed by atoms with E-state index in [0.29, 0.717) is 32.8 Å². The lowest BCUT2D eigenvalue weighted by atomic mass is 9.94. The molecular weight excluding hydrogens is 480 g/mol. The lowest BCUT2D eigenvalue weighted by molar-refractivity contribution is -0.322. The summed E-state index contributed by atoms with van der Waals surface area (Å²) in [5.74, 6) is 0. The molecule has 3 aromatic carbocycles. The number of rotatable bonds is 14. The van der Waals surface area contributed by atoms with Gasteiger partial charge in [-0.1, -0.05) is 97.1 Å². The summed E-state index contributed by atoms with van der Waals surface area (Å²) in [5.41, 5.74) is 3.22. The van der Waals surface area contributed by atoms with Gasteiger partial charge in [-0.2, -0.15) is 0 Å². The largest absolute Gasteiger partial charge is 0.373 e. The third kappa shape index (κ3) is 7.60. The molecule has 6 heteroatoms. The van der Waals surface area contributed by atoms with Crippen molar-refractivity contribution in [3.63, 3.8) is 0 Å². The van der Waals surface area contributed by atoms with Gasteiger partial charge in [0.25, 0.3) is 0 Å². The van der Waals surface area contributed by atoms with E-state index in [-0.39, 0.29) is 18.3 Å². The molecule has 38 heavy (non-hydrogen) atoms. The first-order valence-electron chi connectivity index (χ1n) is 13.3. The first-order valence-corrected chi connectivity index (χ1v) is 13.3. The van der Waals surface area contributed by atoms with Gasteiger partial charge < -0.3 is 28.4 Å². The molecule has 2 aliphatic rings.